The Morgan fingerprint density at radius 2 is 2.00 bits per heavy atom. The fraction of sp³-hybridized carbons (Fsp3) is 0.480. The second kappa shape index (κ2) is 9.79. The molecule has 2 aromatic rings. The second-order valence-electron chi connectivity index (χ2n) is 9.62. The maximum Gasteiger partial charge on any atom is 0.229 e. The summed E-state index contributed by atoms with van der Waals surface area (Å²) in [6.07, 6.45) is 6.07. The number of nitrogens with one attached hydrogen (secondary N) is 2. The molecule has 2 bridgehead atoms. The van der Waals surface area contributed by atoms with Gasteiger partial charge in [-0.1, -0.05) is 12.2 Å². The molecule has 3 aliphatic rings. The van der Waals surface area contributed by atoms with E-state index < -0.39 is 5.82 Å². The Labute approximate surface area is 204 Å². The molecule has 2 heterocycles. The Hall–Kier alpha value is -3.24. The van der Waals surface area contributed by atoms with E-state index in [-0.39, 0.29) is 48.1 Å². The highest BCUT2D eigenvalue weighted by Crippen LogP contribution is 2.45. The number of primary amides is 1. The number of amides is 1. The van der Waals surface area contributed by atoms with Gasteiger partial charge in [0.25, 0.3) is 0 Å². The number of fused-ring (bicyclic) bond motifs is 2. The zero-order chi connectivity index (χ0) is 24.5. The number of aliphatic hydroxyl groups excluding tert-OH is 1. The molecule has 10 heteroatoms. The number of halogens is 1. The molecule has 4 atom stereocenters. The third kappa shape index (κ3) is 4.81. The number of anilines is 4. The summed E-state index contributed by atoms with van der Waals surface area (Å²) in [5, 5.41) is 15.4. The van der Waals surface area contributed by atoms with Crippen molar-refractivity contribution in [3.8, 4) is 0 Å². The number of hydrogen-bond donors (Lipinski definition) is 4. The van der Waals surface area contributed by atoms with E-state index in [1.807, 2.05) is 18.2 Å². The summed E-state index contributed by atoms with van der Waals surface area (Å²) in [5.41, 5.74) is 8.72. The normalized spacial score (nSPS) is 25.7. The topological polar surface area (TPSA) is 120 Å². The first-order valence-electron chi connectivity index (χ1n) is 12.2. The van der Waals surface area contributed by atoms with Gasteiger partial charge in [-0.2, -0.15) is 4.98 Å². The highest BCUT2D eigenvalue weighted by Gasteiger charge is 2.47. The Bertz CT molecular complexity index is 1120. The first-order chi connectivity index (χ1) is 16.9. The lowest BCUT2D eigenvalue weighted by Gasteiger charge is -2.36. The smallest absolute Gasteiger partial charge is 0.229 e. The molecule has 9 nitrogen and oxygen atoms in total. The van der Waals surface area contributed by atoms with Gasteiger partial charge in [-0.15, -0.1) is 0 Å². The predicted molar refractivity (Wildman–Crippen MR) is 133 cm³/mol. The number of aryl methyl sites for hydroxylation is 1. The fourth-order valence-electron chi connectivity index (χ4n) is 5.66. The molecule has 1 amide bonds. The van der Waals surface area contributed by atoms with Crippen LogP contribution in [-0.4, -0.2) is 71.3 Å². The number of rotatable bonds is 8. The van der Waals surface area contributed by atoms with Crippen LogP contribution in [0.25, 0.3) is 0 Å². The zero-order valence-electron chi connectivity index (χ0n) is 19.8. The lowest BCUT2D eigenvalue weighted by atomic mass is 9.88. The van der Waals surface area contributed by atoms with E-state index in [4.69, 9.17) is 10.8 Å². The van der Waals surface area contributed by atoms with Crippen molar-refractivity contribution in [2.24, 2.45) is 23.5 Å². The monoisotopic (exact) mass is 481 g/mol. The number of nitrogens with zero attached hydrogens (tertiary/aromatic N) is 4. The Kier molecular flexibility index (Phi) is 6.57. The van der Waals surface area contributed by atoms with Gasteiger partial charge in [0.05, 0.1) is 18.7 Å². The van der Waals surface area contributed by atoms with Crippen molar-refractivity contribution in [3.05, 3.63) is 47.9 Å². The average Bonchev–Trinajstić information content (AvgIpc) is 3.44. The van der Waals surface area contributed by atoms with Gasteiger partial charge in [0, 0.05) is 50.1 Å². The van der Waals surface area contributed by atoms with Gasteiger partial charge in [-0.05, 0) is 48.9 Å². The summed E-state index contributed by atoms with van der Waals surface area (Å²) in [7, 11) is 0. The number of β-amino-alcohol motifs (C(OH)–C–C–N with tert-alkyl or cyclic N) is 1. The van der Waals surface area contributed by atoms with E-state index in [0.29, 0.717) is 6.54 Å². The molecule has 1 aromatic heterocycles. The molecule has 2 aliphatic carbocycles. The molecule has 35 heavy (non-hydrogen) atoms. The van der Waals surface area contributed by atoms with Crippen LogP contribution in [0.5, 0.6) is 0 Å². The number of aliphatic hydroxyl groups is 1. The van der Waals surface area contributed by atoms with Gasteiger partial charge < -0.3 is 26.4 Å². The van der Waals surface area contributed by atoms with E-state index in [0.717, 1.165) is 50.0 Å². The third-order valence-corrected chi connectivity index (χ3v) is 7.42. The molecule has 1 aliphatic heterocycles. The third-order valence-electron chi connectivity index (χ3n) is 7.42. The Balaban J connectivity index is 1.27. The number of nitrogens with two attached hydrogens (primary N) is 1. The Morgan fingerprint density at radius 1 is 1.23 bits per heavy atom. The van der Waals surface area contributed by atoms with Crippen LogP contribution in [0.1, 0.15) is 12.0 Å². The molecule has 0 spiro atoms. The van der Waals surface area contributed by atoms with E-state index >= 15 is 0 Å². The number of carbonyl (C=O) groups excluding carboxylic acids is 1. The molecule has 0 unspecified atom stereocenters. The summed E-state index contributed by atoms with van der Waals surface area (Å²) in [6, 6.07) is 5.78. The number of aromatic nitrogens is 2. The lowest BCUT2D eigenvalue weighted by Crippen LogP contribution is -2.47. The Morgan fingerprint density at radius 3 is 2.71 bits per heavy atom. The molecule has 5 rings (SSSR count). The number of piperazine rings is 1. The van der Waals surface area contributed by atoms with Crippen LogP contribution in [0.15, 0.2) is 36.5 Å². The van der Waals surface area contributed by atoms with E-state index in [1.54, 1.807) is 0 Å². The van der Waals surface area contributed by atoms with Gasteiger partial charge in [0.15, 0.2) is 11.6 Å². The highest BCUT2D eigenvalue weighted by atomic mass is 19.1. The van der Waals surface area contributed by atoms with Gasteiger partial charge in [-0.3, -0.25) is 9.69 Å². The predicted octanol–water partition coefficient (Wildman–Crippen LogP) is 1.87. The van der Waals surface area contributed by atoms with Gasteiger partial charge in [0.1, 0.15) is 0 Å². The minimum absolute atomic E-state index is 0.0637. The van der Waals surface area contributed by atoms with E-state index in [9.17, 15) is 9.18 Å². The van der Waals surface area contributed by atoms with Crippen LogP contribution in [-0.2, 0) is 4.79 Å². The van der Waals surface area contributed by atoms with Crippen LogP contribution in [0, 0.1) is 30.5 Å². The van der Waals surface area contributed by atoms with Gasteiger partial charge in [0.2, 0.25) is 11.9 Å². The van der Waals surface area contributed by atoms with Crippen LogP contribution in [0.2, 0.25) is 0 Å². The molecular formula is C25H32FN7O2. The molecule has 1 saturated carbocycles. The van der Waals surface area contributed by atoms with Crippen molar-refractivity contribution in [2.75, 3.05) is 54.9 Å². The van der Waals surface area contributed by atoms with Crippen LogP contribution >= 0.6 is 0 Å². The molecule has 2 fully saturated rings. The minimum atomic E-state index is -0.572. The average molecular weight is 482 g/mol. The van der Waals surface area contributed by atoms with Crippen molar-refractivity contribution in [3.63, 3.8) is 0 Å². The molecule has 186 valence electrons. The quantitative estimate of drug-likeness (QED) is 0.422. The molecular weight excluding hydrogens is 449 g/mol. The lowest BCUT2D eigenvalue weighted by molar-refractivity contribution is -0.122. The molecule has 0 radical (unpaired) electrons. The van der Waals surface area contributed by atoms with Crippen molar-refractivity contribution >= 4 is 29.0 Å². The summed E-state index contributed by atoms with van der Waals surface area (Å²) in [6.45, 7) is 6.63. The fourth-order valence-corrected chi connectivity index (χ4v) is 5.66. The largest absolute Gasteiger partial charge is 0.395 e. The SMILES string of the molecule is Cc1cc(Nc2ncc(F)c(N[C@H]3[C@@H](C(N)=O)[C@@H]4C=C[C@H]3C4)n2)ccc1N1CCN(CCO)CC1. The molecule has 1 aromatic carbocycles. The number of carbonyl (C=O) groups is 1. The van der Waals surface area contributed by atoms with Crippen LogP contribution in [0.3, 0.4) is 0 Å². The van der Waals surface area contributed by atoms with Crippen molar-refractivity contribution in [1.82, 2.24) is 14.9 Å². The minimum Gasteiger partial charge on any atom is -0.395 e. The van der Waals surface area contributed by atoms with E-state index in [1.165, 1.54) is 5.69 Å². The first kappa shape index (κ1) is 23.5. The molecule has 5 N–H and O–H groups in total. The van der Waals surface area contributed by atoms with Crippen LogP contribution < -0.4 is 21.3 Å². The summed E-state index contributed by atoms with van der Waals surface area (Å²) in [4.78, 5) is 25.1. The zero-order valence-corrected chi connectivity index (χ0v) is 19.8. The van der Waals surface area contributed by atoms with Crippen molar-refractivity contribution in [1.29, 1.82) is 0 Å². The van der Waals surface area contributed by atoms with Gasteiger partial charge in [-0.25, -0.2) is 9.37 Å². The summed E-state index contributed by atoms with van der Waals surface area (Å²) >= 11 is 0. The van der Waals surface area contributed by atoms with Gasteiger partial charge >= 0.3 is 0 Å². The van der Waals surface area contributed by atoms with E-state index in [2.05, 4.69) is 49.5 Å². The number of hydrogen-bond acceptors (Lipinski definition) is 8. The molecule has 1 saturated heterocycles. The summed E-state index contributed by atoms with van der Waals surface area (Å²) in [5.74, 6) is -0.770. The first-order valence-corrected chi connectivity index (χ1v) is 12.2. The number of benzene rings is 1. The second-order valence-corrected chi connectivity index (χ2v) is 9.62. The maximum atomic E-state index is 14.6. The maximum absolute atomic E-state index is 14.6. The number of allylic oxidation sites excluding steroid dienone is 1. The van der Waals surface area contributed by atoms with Crippen molar-refractivity contribution in [2.45, 2.75) is 19.4 Å². The highest BCUT2D eigenvalue weighted by molar-refractivity contribution is 5.79. The standard InChI is InChI=1S/C25H32FN7O2/c1-15-12-18(4-5-20(15)33-8-6-32(7-9-33)10-11-34)29-25-28-14-19(26)24(31-25)30-22-17-3-2-16(13-17)21(22)23(27)35/h2-5,12,14,16-17,21-22,34H,6-11,13H2,1H3,(H2,27,35)(H2,28,29,30,31)/t16-,17+,21+,22-/m1/s1. The summed E-state index contributed by atoms with van der Waals surface area (Å²) < 4.78 is 14.6. The van der Waals surface area contributed by atoms with Crippen molar-refractivity contribution < 1.29 is 14.3 Å². The van der Waals surface area contributed by atoms with Crippen LogP contribution in [0.4, 0.5) is 27.5 Å².